The van der Waals surface area contributed by atoms with Crippen molar-refractivity contribution in [3.05, 3.63) is 46.8 Å². The number of piperidine rings is 1. The predicted molar refractivity (Wildman–Crippen MR) is 125 cm³/mol. The van der Waals surface area contributed by atoms with Gasteiger partial charge in [-0.15, -0.1) is 11.3 Å². The quantitative estimate of drug-likeness (QED) is 0.692. The fourth-order valence-corrected chi connectivity index (χ4v) is 7.04. The lowest BCUT2D eigenvalue weighted by Crippen LogP contribution is -2.41. The van der Waals surface area contributed by atoms with Gasteiger partial charge in [0.05, 0.1) is 5.56 Å². The summed E-state index contributed by atoms with van der Waals surface area (Å²) in [6.07, 6.45) is 3.84. The van der Waals surface area contributed by atoms with Gasteiger partial charge >= 0.3 is 0 Å². The number of hydrogen-bond donors (Lipinski definition) is 1. The number of rotatable bonds is 6. The number of nitrogens with one attached hydrogen (secondary N) is 1. The highest BCUT2D eigenvalue weighted by Gasteiger charge is 2.33. The van der Waals surface area contributed by atoms with Crippen molar-refractivity contribution in [3.8, 4) is 0 Å². The van der Waals surface area contributed by atoms with E-state index in [0.29, 0.717) is 31.5 Å². The molecule has 3 heterocycles. The Morgan fingerprint density at radius 3 is 2.50 bits per heavy atom. The van der Waals surface area contributed by atoms with Crippen LogP contribution < -0.4 is 5.32 Å². The number of aryl methyl sites for hydroxylation is 1. The Morgan fingerprint density at radius 2 is 1.81 bits per heavy atom. The van der Waals surface area contributed by atoms with Crippen molar-refractivity contribution in [2.45, 2.75) is 43.2 Å². The molecule has 7 nitrogen and oxygen atoms in total. The van der Waals surface area contributed by atoms with Gasteiger partial charge in [0.15, 0.2) is 0 Å². The van der Waals surface area contributed by atoms with E-state index >= 15 is 0 Å². The third-order valence-corrected chi connectivity index (χ3v) is 9.55. The second kappa shape index (κ2) is 9.72. The number of anilines is 1. The van der Waals surface area contributed by atoms with Crippen molar-refractivity contribution < 1.29 is 18.0 Å². The molecule has 0 aliphatic carbocycles. The summed E-state index contributed by atoms with van der Waals surface area (Å²) in [6.45, 7) is 4.12. The topological polar surface area (TPSA) is 86.8 Å². The lowest BCUT2D eigenvalue weighted by Gasteiger charge is -2.30. The number of carbonyl (C=O) groups excluding carboxylic acids is 2. The van der Waals surface area contributed by atoms with Gasteiger partial charge in [0.1, 0.15) is 4.21 Å². The first-order valence-corrected chi connectivity index (χ1v) is 13.5. The molecule has 1 N–H and O–H groups in total. The van der Waals surface area contributed by atoms with Crippen molar-refractivity contribution in [2.75, 3.05) is 31.5 Å². The van der Waals surface area contributed by atoms with Crippen LogP contribution in [0.5, 0.6) is 0 Å². The lowest BCUT2D eigenvalue weighted by atomic mass is 9.97. The van der Waals surface area contributed by atoms with Gasteiger partial charge in [0.2, 0.25) is 5.91 Å². The highest BCUT2D eigenvalue weighted by atomic mass is 32.2. The van der Waals surface area contributed by atoms with Crippen LogP contribution in [0.2, 0.25) is 0 Å². The average molecular weight is 476 g/mol. The summed E-state index contributed by atoms with van der Waals surface area (Å²) >= 11 is 1.09. The molecule has 9 heteroatoms. The molecule has 2 aromatic rings. The summed E-state index contributed by atoms with van der Waals surface area (Å²) in [4.78, 5) is 27.0. The first-order chi connectivity index (χ1) is 15.4. The van der Waals surface area contributed by atoms with E-state index in [1.807, 2.05) is 24.3 Å². The molecule has 4 rings (SSSR count). The Morgan fingerprint density at radius 1 is 1.09 bits per heavy atom. The van der Waals surface area contributed by atoms with Crippen LogP contribution in [0.1, 0.15) is 48.5 Å². The van der Waals surface area contributed by atoms with Crippen LogP contribution in [0.4, 0.5) is 5.69 Å². The summed E-state index contributed by atoms with van der Waals surface area (Å²) in [5, 5.41) is 4.60. The maximum atomic E-state index is 13.1. The Kier molecular flexibility index (Phi) is 6.97. The number of thiophene rings is 1. The molecule has 0 saturated carbocycles. The smallest absolute Gasteiger partial charge is 0.254 e. The Hall–Kier alpha value is -2.23. The van der Waals surface area contributed by atoms with Crippen LogP contribution in [-0.4, -0.2) is 55.6 Å². The molecule has 0 radical (unpaired) electrons. The number of sulfonamides is 1. The largest absolute Gasteiger partial charge is 0.339 e. The highest BCUT2D eigenvalue weighted by Crippen LogP contribution is 2.29. The van der Waals surface area contributed by atoms with Crippen molar-refractivity contribution in [1.29, 1.82) is 0 Å². The molecule has 2 amide bonds. The van der Waals surface area contributed by atoms with Crippen molar-refractivity contribution in [1.82, 2.24) is 9.21 Å². The van der Waals surface area contributed by atoms with Crippen LogP contribution >= 0.6 is 11.3 Å². The number of benzene rings is 1. The minimum Gasteiger partial charge on any atom is -0.339 e. The molecule has 0 unspecified atom stereocenters. The second-order valence-electron chi connectivity index (χ2n) is 8.38. The fourth-order valence-electron chi connectivity index (χ4n) is 4.27. The summed E-state index contributed by atoms with van der Waals surface area (Å²) in [6, 6.07) is 9.28. The Labute approximate surface area is 193 Å². The molecule has 2 saturated heterocycles. The van der Waals surface area contributed by atoms with Gasteiger partial charge in [-0.2, -0.15) is 4.31 Å². The number of nitrogens with zero attached hydrogens (tertiary/aromatic N) is 2. The molecule has 0 atom stereocenters. The van der Waals surface area contributed by atoms with Gasteiger partial charge in [-0.25, -0.2) is 8.42 Å². The SMILES string of the molecule is CCc1cccc(NC(=O)C2CCN(S(=O)(=O)c3cc(C(=O)N4CCCC4)cs3)CC2)c1. The minimum absolute atomic E-state index is 0.0649. The van der Waals surface area contributed by atoms with Crippen LogP contribution in [-0.2, 0) is 21.2 Å². The van der Waals surface area contributed by atoms with Gasteiger partial charge < -0.3 is 10.2 Å². The maximum absolute atomic E-state index is 13.1. The number of hydrogen-bond acceptors (Lipinski definition) is 5. The standard InChI is InChI=1S/C23H29N3O4S2/c1-2-17-6-5-7-20(14-17)24-22(27)18-8-12-26(13-9-18)32(29,30)21-15-19(16-31-21)23(28)25-10-3-4-11-25/h5-7,14-16,18H,2-4,8-13H2,1H3,(H,24,27). The average Bonchev–Trinajstić information content (AvgIpc) is 3.52. The van der Waals surface area contributed by atoms with E-state index < -0.39 is 10.0 Å². The van der Waals surface area contributed by atoms with Crippen LogP contribution in [0.25, 0.3) is 0 Å². The molecule has 32 heavy (non-hydrogen) atoms. The fraction of sp³-hybridized carbons (Fsp3) is 0.478. The van der Waals surface area contributed by atoms with E-state index in [1.165, 1.54) is 10.4 Å². The van der Waals surface area contributed by atoms with E-state index in [2.05, 4.69) is 12.2 Å². The number of carbonyl (C=O) groups is 2. The number of amides is 2. The van der Waals surface area contributed by atoms with E-state index in [-0.39, 0.29) is 21.9 Å². The summed E-state index contributed by atoms with van der Waals surface area (Å²) in [5.74, 6) is -0.380. The molecule has 1 aromatic heterocycles. The molecular weight excluding hydrogens is 446 g/mol. The third-order valence-electron chi connectivity index (χ3n) is 6.24. The summed E-state index contributed by atoms with van der Waals surface area (Å²) < 4.78 is 27.8. The zero-order valence-corrected chi connectivity index (χ0v) is 19.9. The van der Waals surface area contributed by atoms with Crippen LogP contribution in [0, 0.1) is 5.92 Å². The first-order valence-electron chi connectivity index (χ1n) is 11.2. The zero-order chi connectivity index (χ0) is 22.7. The summed E-state index contributed by atoms with van der Waals surface area (Å²) in [5.41, 5.74) is 2.37. The molecule has 2 aliphatic heterocycles. The normalized spacial score (nSPS) is 18.1. The van der Waals surface area contributed by atoms with Gasteiger partial charge in [0.25, 0.3) is 15.9 Å². The Bertz CT molecular complexity index is 1080. The highest BCUT2D eigenvalue weighted by molar-refractivity contribution is 7.91. The van der Waals surface area contributed by atoms with Crippen molar-refractivity contribution >= 4 is 38.9 Å². The van der Waals surface area contributed by atoms with E-state index in [0.717, 1.165) is 54.9 Å². The van der Waals surface area contributed by atoms with Gasteiger partial charge in [-0.1, -0.05) is 19.1 Å². The number of likely N-dealkylation sites (tertiary alicyclic amines) is 1. The van der Waals surface area contributed by atoms with E-state index in [1.54, 1.807) is 10.3 Å². The van der Waals surface area contributed by atoms with Crippen LogP contribution in [0.3, 0.4) is 0 Å². The van der Waals surface area contributed by atoms with Gasteiger partial charge in [-0.05, 0) is 55.9 Å². The van der Waals surface area contributed by atoms with Gasteiger partial charge in [-0.3, -0.25) is 9.59 Å². The molecular formula is C23H29N3O4S2. The van der Waals surface area contributed by atoms with Crippen molar-refractivity contribution in [2.24, 2.45) is 5.92 Å². The molecule has 2 aliphatic rings. The molecule has 1 aromatic carbocycles. The van der Waals surface area contributed by atoms with E-state index in [4.69, 9.17) is 0 Å². The zero-order valence-electron chi connectivity index (χ0n) is 18.2. The van der Waals surface area contributed by atoms with Crippen LogP contribution in [0.15, 0.2) is 39.9 Å². The lowest BCUT2D eigenvalue weighted by molar-refractivity contribution is -0.120. The monoisotopic (exact) mass is 475 g/mol. The van der Waals surface area contributed by atoms with E-state index in [9.17, 15) is 18.0 Å². The molecule has 172 valence electrons. The Balaban J connectivity index is 1.36. The second-order valence-corrected chi connectivity index (χ2v) is 11.5. The molecule has 0 spiro atoms. The van der Waals surface area contributed by atoms with Crippen molar-refractivity contribution in [3.63, 3.8) is 0 Å². The maximum Gasteiger partial charge on any atom is 0.254 e. The van der Waals surface area contributed by atoms with Gasteiger partial charge in [0, 0.05) is 43.2 Å². The minimum atomic E-state index is -3.67. The first kappa shape index (κ1) is 22.9. The summed E-state index contributed by atoms with van der Waals surface area (Å²) in [7, 11) is -3.67. The molecule has 2 fully saturated rings. The predicted octanol–water partition coefficient (Wildman–Crippen LogP) is 3.59. The third kappa shape index (κ3) is 4.89. The molecule has 0 bridgehead atoms.